The summed E-state index contributed by atoms with van der Waals surface area (Å²) in [6.07, 6.45) is 1.59. The molecule has 19 heavy (non-hydrogen) atoms. The smallest absolute Gasteiger partial charge is 0.550 e. The van der Waals surface area contributed by atoms with Gasteiger partial charge >= 0.3 is 51.4 Å². The van der Waals surface area contributed by atoms with Gasteiger partial charge in [0, 0.05) is 45.3 Å². The van der Waals surface area contributed by atoms with E-state index in [9.17, 15) is 14.7 Å². The van der Waals surface area contributed by atoms with Crippen LogP contribution in [0.1, 0.15) is 19.3 Å². The fourth-order valence-corrected chi connectivity index (χ4v) is 2.42. The van der Waals surface area contributed by atoms with Crippen LogP contribution in [-0.4, -0.2) is 67.1 Å². The van der Waals surface area contributed by atoms with E-state index in [-0.39, 0.29) is 69.8 Å². The quantitative estimate of drug-likeness (QED) is 0.488. The van der Waals surface area contributed by atoms with Crippen LogP contribution in [0.25, 0.3) is 0 Å². The van der Waals surface area contributed by atoms with E-state index in [4.69, 9.17) is 4.74 Å². The number of carboxylic acids is 1. The number of carboxylic acid groups (broad SMARTS) is 1. The number of amides is 1. The summed E-state index contributed by atoms with van der Waals surface area (Å²) >= 11 is 0. The number of hydrogen-bond donors (Lipinski definition) is 0. The van der Waals surface area contributed by atoms with Crippen molar-refractivity contribution in [2.24, 2.45) is 0 Å². The van der Waals surface area contributed by atoms with Gasteiger partial charge in [0.2, 0.25) is 0 Å². The SMILES string of the molecule is O=C([O-])CCN1CCN(C(=O)C2CCCO2)CC1.[K+]. The van der Waals surface area contributed by atoms with Crippen molar-refractivity contribution in [3.63, 3.8) is 0 Å². The Hall–Kier alpha value is 0.496. The minimum Gasteiger partial charge on any atom is -0.550 e. The molecule has 0 radical (unpaired) electrons. The Morgan fingerprint density at radius 3 is 2.42 bits per heavy atom. The minimum absolute atomic E-state index is 0. The summed E-state index contributed by atoms with van der Waals surface area (Å²) in [7, 11) is 0. The molecule has 1 unspecified atom stereocenters. The van der Waals surface area contributed by atoms with Crippen LogP contribution in [-0.2, 0) is 14.3 Å². The number of piperazine rings is 1. The molecule has 1 amide bonds. The zero-order valence-electron chi connectivity index (χ0n) is 11.5. The number of nitrogens with zero attached hydrogens (tertiary/aromatic N) is 2. The summed E-state index contributed by atoms with van der Waals surface area (Å²) in [5.41, 5.74) is 0. The molecule has 2 fully saturated rings. The molecule has 0 saturated carbocycles. The summed E-state index contributed by atoms with van der Waals surface area (Å²) in [6, 6.07) is 0. The molecule has 2 aliphatic rings. The van der Waals surface area contributed by atoms with Crippen molar-refractivity contribution in [2.75, 3.05) is 39.3 Å². The fourth-order valence-electron chi connectivity index (χ4n) is 2.42. The van der Waals surface area contributed by atoms with Crippen LogP contribution in [0.3, 0.4) is 0 Å². The van der Waals surface area contributed by atoms with Crippen LogP contribution in [0.5, 0.6) is 0 Å². The molecule has 0 bridgehead atoms. The number of ether oxygens (including phenoxy) is 1. The Bertz CT molecular complexity index is 313. The first-order valence-corrected chi connectivity index (χ1v) is 6.49. The Morgan fingerprint density at radius 1 is 1.21 bits per heavy atom. The normalized spacial score (nSPS) is 24.0. The van der Waals surface area contributed by atoms with Gasteiger partial charge in [-0.1, -0.05) is 0 Å². The Kier molecular flexibility index (Phi) is 8.04. The van der Waals surface area contributed by atoms with Crippen molar-refractivity contribution in [2.45, 2.75) is 25.4 Å². The summed E-state index contributed by atoms with van der Waals surface area (Å²) in [4.78, 5) is 26.3. The molecule has 0 spiro atoms. The molecular formula is C12H19KN2O4. The third-order valence-electron chi connectivity index (χ3n) is 3.52. The molecular weight excluding hydrogens is 275 g/mol. The van der Waals surface area contributed by atoms with Crippen LogP contribution in [0.4, 0.5) is 0 Å². The molecule has 1 atom stereocenters. The first kappa shape index (κ1) is 17.5. The van der Waals surface area contributed by atoms with E-state index >= 15 is 0 Å². The maximum Gasteiger partial charge on any atom is 1.00 e. The van der Waals surface area contributed by atoms with Gasteiger partial charge in [0.15, 0.2) is 0 Å². The first-order chi connectivity index (χ1) is 8.66. The summed E-state index contributed by atoms with van der Waals surface area (Å²) < 4.78 is 5.38. The average molecular weight is 294 g/mol. The van der Waals surface area contributed by atoms with Gasteiger partial charge in [0.05, 0.1) is 0 Å². The van der Waals surface area contributed by atoms with E-state index in [1.807, 2.05) is 4.90 Å². The molecule has 0 aromatic rings. The third kappa shape index (κ3) is 5.41. The largest absolute Gasteiger partial charge is 1.00 e. The predicted octanol–water partition coefficient (Wildman–Crippen LogP) is -4.55. The average Bonchev–Trinajstić information content (AvgIpc) is 2.90. The second kappa shape index (κ2) is 8.71. The molecule has 0 aliphatic carbocycles. The summed E-state index contributed by atoms with van der Waals surface area (Å²) in [5.74, 6) is -0.931. The monoisotopic (exact) mass is 294 g/mol. The molecule has 102 valence electrons. The van der Waals surface area contributed by atoms with Crippen LogP contribution in [0.2, 0.25) is 0 Å². The van der Waals surface area contributed by atoms with Gasteiger partial charge in [-0.25, -0.2) is 0 Å². The van der Waals surface area contributed by atoms with E-state index in [1.165, 1.54) is 0 Å². The molecule has 2 heterocycles. The van der Waals surface area contributed by atoms with Gasteiger partial charge in [0.25, 0.3) is 5.91 Å². The van der Waals surface area contributed by atoms with E-state index in [1.54, 1.807) is 0 Å². The Morgan fingerprint density at radius 2 is 1.89 bits per heavy atom. The summed E-state index contributed by atoms with van der Waals surface area (Å²) in [5, 5.41) is 10.4. The van der Waals surface area contributed by atoms with Crippen molar-refractivity contribution < 1.29 is 70.8 Å². The van der Waals surface area contributed by atoms with Crippen molar-refractivity contribution in [1.29, 1.82) is 0 Å². The second-order valence-corrected chi connectivity index (χ2v) is 4.79. The molecule has 2 aliphatic heterocycles. The maximum absolute atomic E-state index is 12.1. The Balaban J connectivity index is 0.00000180. The zero-order valence-corrected chi connectivity index (χ0v) is 14.6. The van der Waals surface area contributed by atoms with Crippen molar-refractivity contribution in [3.8, 4) is 0 Å². The molecule has 2 rings (SSSR count). The molecule has 2 saturated heterocycles. The van der Waals surface area contributed by atoms with E-state index < -0.39 is 5.97 Å². The molecule has 0 aromatic carbocycles. The standard InChI is InChI=1S/C12H20N2O4.K/c15-11(16)3-4-13-5-7-14(8-6-13)12(17)10-2-1-9-18-10;/h10H,1-9H2,(H,15,16);/q;+1/p-1. The molecule has 0 N–H and O–H groups in total. The van der Waals surface area contributed by atoms with Crippen LogP contribution in [0, 0.1) is 0 Å². The number of rotatable bonds is 4. The van der Waals surface area contributed by atoms with E-state index in [2.05, 4.69) is 4.90 Å². The summed E-state index contributed by atoms with van der Waals surface area (Å²) in [6.45, 7) is 3.96. The molecule has 7 heteroatoms. The Labute approximate surface area is 155 Å². The topological polar surface area (TPSA) is 72.9 Å². The van der Waals surface area contributed by atoms with Gasteiger partial charge in [0.1, 0.15) is 6.10 Å². The van der Waals surface area contributed by atoms with Crippen molar-refractivity contribution in [1.82, 2.24) is 9.80 Å². The van der Waals surface area contributed by atoms with Gasteiger partial charge < -0.3 is 19.5 Å². The zero-order chi connectivity index (χ0) is 13.0. The van der Waals surface area contributed by atoms with Crippen LogP contribution >= 0.6 is 0 Å². The van der Waals surface area contributed by atoms with Crippen molar-refractivity contribution in [3.05, 3.63) is 0 Å². The van der Waals surface area contributed by atoms with Crippen LogP contribution < -0.4 is 56.5 Å². The van der Waals surface area contributed by atoms with Crippen LogP contribution in [0.15, 0.2) is 0 Å². The van der Waals surface area contributed by atoms with Gasteiger partial charge in [-0.05, 0) is 19.3 Å². The minimum atomic E-state index is -1.02. The number of carbonyl (C=O) groups is 2. The first-order valence-electron chi connectivity index (χ1n) is 6.49. The molecule has 0 aromatic heterocycles. The third-order valence-corrected chi connectivity index (χ3v) is 3.52. The predicted molar refractivity (Wildman–Crippen MR) is 61.6 cm³/mol. The fraction of sp³-hybridized carbons (Fsp3) is 0.833. The van der Waals surface area contributed by atoms with Gasteiger partial charge in [-0.3, -0.25) is 9.69 Å². The molecule has 6 nitrogen and oxygen atoms in total. The van der Waals surface area contributed by atoms with Gasteiger partial charge in [-0.2, -0.15) is 0 Å². The van der Waals surface area contributed by atoms with Gasteiger partial charge in [-0.15, -0.1) is 0 Å². The number of hydrogen-bond acceptors (Lipinski definition) is 5. The van der Waals surface area contributed by atoms with E-state index in [0.29, 0.717) is 26.2 Å². The van der Waals surface area contributed by atoms with Crippen molar-refractivity contribution >= 4 is 11.9 Å². The number of carbonyl (C=O) groups excluding carboxylic acids is 2. The van der Waals surface area contributed by atoms with E-state index in [0.717, 1.165) is 25.9 Å². The number of aliphatic carboxylic acids is 1. The second-order valence-electron chi connectivity index (χ2n) is 4.79. The maximum atomic E-state index is 12.1.